The van der Waals surface area contributed by atoms with Gasteiger partial charge in [0.15, 0.2) is 0 Å². The largest absolute Gasteiger partial charge is 0.497 e. The number of ether oxygens (including phenoxy) is 2. The molecule has 0 aliphatic carbocycles. The van der Waals surface area contributed by atoms with Gasteiger partial charge in [-0.2, -0.15) is 0 Å². The Labute approximate surface area is 167 Å². The molecule has 1 heterocycles. The van der Waals surface area contributed by atoms with Crippen molar-refractivity contribution in [3.05, 3.63) is 65.7 Å². The number of carbonyl (C=O) groups excluding carboxylic acids is 1. The van der Waals surface area contributed by atoms with Crippen molar-refractivity contribution < 1.29 is 14.3 Å². The predicted octanol–water partition coefficient (Wildman–Crippen LogP) is 3.45. The van der Waals surface area contributed by atoms with Gasteiger partial charge in [0.2, 0.25) is 5.91 Å². The Balaban J connectivity index is 1.56. The van der Waals surface area contributed by atoms with Gasteiger partial charge in [0.25, 0.3) is 0 Å². The van der Waals surface area contributed by atoms with E-state index in [9.17, 15) is 4.79 Å². The Morgan fingerprint density at radius 2 is 1.86 bits per heavy atom. The van der Waals surface area contributed by atoms with Gasteiger partial charge < -0.3 is 14.4 Å². The van der Waals surface area contributed by atoms with Gasteiger partial charge in [-0.1, -0.05) is 42.5 Å². The van der Waals surface area contributed by atoms with Gasteiger partial charge in [-0.25, -0.2) is 0 Å². The molecule has 1 aliphatic rings. The van der Waals surface area contributed by atoms with Gasteiger partial charge >= 0.3 is 0 Å². The topological polar surface area (TPSA) is 42.0 Å². The molecule has 2 aromatic carbocycles. The molecule has 0 bridgehead atoms. The second-order valence-corrected chi connectivity index (χ2v) is 6.86. The summed E-state index contributed by atoms with van der Waals surface area (Å²) in [6.45, 7) is 3.83. The first-order chi connectivity index (χ1) is 13.7. The summed E-state index contributed by atoms with van der Waals surface area (Å²) in [6.07, 6.45) is 4.77. The monoisotopic (exact) mass is 380 g/mol. The summed E-state index contributed by atoms with van der Waals surface area (Å²) in [5.41, 5.74) is 2.16. The minimum Gasteiger partial charge on any atom is -0.497 e. The van der Waals surface area contributed by atoms with E-state index in [1.165, 1.54) is 0 Å². The van der Waals surface area contributed by atoms with Crippen molar-refractivity contribution in [2.75, 3.05) is 40.4 Å². The van der Waals surface area contributed by atoms with Crippen molar-refractivity contribution in [3.8, 4) is 11.5 Å². The Morgan fingerprint density at radius 1 is 1.00 bits per heavy atom. The Bertz CT molecular complexity index is 819. The maximum atomic E-state index is 12.5. The van der Waals surface area contributed by atoms with E-state index in [0.717, 1.165) is 48.8 Å². The summed E-state index contributed by atoms with van der Waals surface area (Å²) in [6, 6.07) is 15.9. The Kier molecular flexibility index (Phi) is 7.09. The van der Waals surface area contributed by atoms with Crippen molar-refractivity contribution in [2.24, 2.45) is 0 Å². The Morgan fingerprint density at radius 3 is 2.68 bits per heavy atom. The number of para-hydroxylation sites is 1. The lowest BCUT2D eigenvalue weighted by Gasteiger charge is -2.21. The summed E-state index contributed by atoms with van der Waals surface area (Å²) in [7, 11) is 3.34. The molecule has 1 fully saturated rings. The van der Waals surface area contributed by atoms with Crippen molar-refractivity contribution in [1.29, 1.82) is 0 Å². The van der Waals surface area contributed by atoms with Crippen molar-refractivity contribution in [2.45, 2.75) is 13.0 Å². The summed E-state index contributed by atoms with van der Waals surface area (Å²) in [4.78, 5) is 16.8. The molecule has 3 rings (SSSR count). The molecule has 0 spiro atoms. The fourth-order valence-corrected chi connectivity index (χ4v) is 3.38. The van der Waals surface area contributed by atoms with Crippen LogP contribution in [0.25, 0.3) is 6.08 Å². The van der Waals surface area contributed by atoms with Crippen LogP contribution in [0.4, 0.5) is 0 Å². The van der Waals surface area contributed by atoms with Crippen LogP contribution in [0, 0.1) is 0 Å². The lowest BCUT2D eigenvalue weighted by atomic mass is 10.2. The van der Waals surface area contributed by atoms with E-state index < -0.39 is 0 Å². The second-order valence-electron chi connectivity index (χ2n) is 6.86. The zero-order chi connectivity index (χ0) is 19.8. The molecule has 1 amide bonds. The van der Waals surface area contributed by atoms with E-state index in [1.54, 1.807) is 14.2 Å². The molecule has 0 unspecified atom stereocenters. The summed E-state index contributed by atoms with van der Waals surface area (Å²) in [5, 5.41) is 0. The molecule has 2 aromatic rings. The number of amides is 1. The molecule has 5 heteroatoms. The first kappa shape index (κ1) is 20.0. The van der Waals surface area contributed by atoms with Crippen LogP contribution in [0.5, 0.6) is 11.5 Å². The standard InChI is InChI=1S/C23H28N2O3/c1-27-21-10-5-7-19(17-21)18-25-16-15-24(14-12-23(25)26)13-6-9-20-8-3-4-11-22(20)28-2/h3-11,17H,12-16,18H2,1-2H3/b9-6+. The highest BCUT2D eigenvalue weighted by atomic mass is 16.5. The van der Waals surface area contributed by atoms with Crippen molar-refractivity contribution in [3.63, 3.8) is 0 Å². The molecule has 28 heavy (non-hydrogen) atoms. The quantitative estimate of drug-likeness (QED) is 0.738. The zero-order valence-corrected chi connectivity index (χ0v) is 16.6. The minimum atomic E-state index is 0.207. The average Bonchev–Trinajstić information content (AvgIpc) is 2.90. The molecule has 148 valence electrons. The maximum absolute atomic E-state index is 12.5. The lowest BCUT2D eigenvalue weighted by molar-refractivity contribution is -0.130. The molecule has 1 saturated heterocycles. The van der Waals surface area contributed by atoms with Crippen LogP contribution in [0.15, 0.2) is 54.6 Å². The van der Waals surface area contributed by atoms with E-state index in [1.807, 2.05) is 53.4 Å². The van der Waals surface area contributed by atoms with E-state index in [0.29, 0.717) is 13.0 Å². The lowest BCUT2D eigenvalue weighted by Crippen LogP contribution is -2.32. The van der Waals surface area contributed by atoms with Crippen LogP contribution in [0.3, 0.4) is 0 Å². The molecular weight excluding hydrogens is 352 g/mol. The van der Waals surface area contributed by atoms with Crippen molar-refractivity contribution in [1.82, 2.24) is 9.80 Å². The van der Waals surface area contributed by atoms with E-state index in [2.05, 4.69) is 17.1 Å². The zero-order valence-electron chi connectivity index (χ0n) is 16.6. The van der Waals surface area contributed by atoms with Gasteiger partial charge in [-0.3, -0.25) is 9.69 Å². The normalized spacial score (nSPS) is 15.6. The highest BCUT2D eigenvalue weighted by molar-refractivity contribution is 5.76. The average molecular weight is 380 g/mol. The number of carbonyl (C=O) groups is 1. The fraction of sp³-hybridized carbons (Fsp3) is 0.348. The number of benzene rings is 2. The number of hydrogen-bond acceptors (Lipinski definition) is 4. The molecule has 5 nitrogen and oxygen atoms in total. The molecular formula is C23H28N2O3. The van der Waals surface area contributed by atoms with Gasteiger partial charge in [-0.15, -0.1) is 0 Å². The molecule has 0 aromatic heterocycles. The number of hydrogen-bond donors (Lipinski definition) is 0. The van der Waals surface area contributed by atoms with E-state index >= 15 is 0 Å². The molecule has 0 N–H and O–H groups in total. The van der Waals surface area contributed by atoms with Gasteiger partial charge in [0, 0.05) is 44.7 Å². The predicted molar refractivity (Wildman–Crippen MR) is 111 cm³/mol. The summed E-state index contributed by atoms with van der Waals surface area (Å²) in [5.74, 6) is 1.90. The van der Waals surface area contributed by atoms with Crippen LogP contribution in [-0.4, -0.2) is 56.1 Å². The van der Waals surface area contributed by atoms with Crippen molar-refractivity contribution >= 4 is 12.0 Å². The maximum Gasteiger partial charge on any atom is 0.224 e. The second kappa shape index (κ2) is 9.95. The van der Waals surface area contributed by atoms with Crippen LogP contribution >= 0.6 is 0 Å². The number of nitrogens with zero attached hydrogens (tertiary/aromatic N) is 2. The third-order valence-corrected chi connectivity index (χ3v) is 4.99. The third-order valence-electron chi connectivity index (χ3n) is 4.99. The minimum absolute atomic E-state index is 0.207. The first-order valence-electron chi connectivity index (χ1n) is 9.62. The van der Waals surface area contributed by atoms with Crippen LogP contribution < -0.4 is 9.47 Å². The SMILES string of the molecule is COc1cccc(CN2CCN(C/C=C/c3ccccc3OC)CCC2=O)c1. The molecule has 0 radical (unpaired) electrons. The van der Waals surface area contributed by atoms with Gasteiger partial charge in [0.05, 0.1) is 14.2 Å². The van der Waals surface area contributed by atoms with Crippen LogP contribution in [0.2, 0.25) is 0 Å². The van der Waals surface area contributed by atoms with E-state index in [4.69, 9.17) is 9.47 Å². The number of rotatable bonds is 7. The molecule has 0 saturated carbocycles. The summed E-state index contributed by atoms with van der Waals surface area (Å²) >= 11 is 0. The smallest absolute Gasteiger partial charge is 0.224 e. The fourth-order valence-electron chi connectivity index (χ4n) is 3.38. The van der Waals surface area contributed by atoms with Gasteiger partial charge in [-0.05, 0) is 23.8 Å². The highest BCUT2D eigenvalue weighted by Crippen LogP contribution is 2.19. The van der Waals surface area contributed by atoms with E-state index in [-0.39, 0.29) is 5.91 Å². The Hall–Kier alpha value is -2.79. The first-order valence-corrected chi connectivity index (χ1v) is 9.62. The molecule has 1 aliphatic heterocycles. The third kappa shape index (κ3) is 5.36. The molecule has 0 atom stereocenters. The van der Waals surface area contributed by atoms with Crippen LogP contribution in [0.1, 0.15) is 17.5 Å². The van der Waals surface area contributed by atoms with Gasteiger partial charge in [0.1, 0.15) is 11.5 Å². The number of methoxy groups -OCH3 is 2. The highest BCUT2D eigenvalue weighted by Gasteiger charge is 2.20. The summed E-state index contributed by atoms with van der Waals surface area (Å²) < 4.78 is 10.7. The van der Waals surface area contributed by atoms with Crippen LogP contribution in [-0.2, 0) is 11.3 Å².